The lowest BCUT2D eigenvalue weighted by atomic mass is 9.80. The van der Waals surface area contributed by atoms with E-state index in [1.807, 2.05) is 4.90 Å². The topological polar surface area (TPSA) is 50.8 Å². The van der Waals surface area contributed by atoms with Crippen molar-refractivity contribution in [1.29, 1.82) is 0 Å². The minimum atomic E-state index is -3.06. The molecule has 2 aliphatic carbocycles. The second-order valence-electron chi connectivity index (χ2n) is 8.65. The summed E-state index contributed by atoms with van der Waals surface area (Å²) in [4.78, 5) is 14.3. The summed E-state index contributed by atoms with van der Waals surface area (Å²) in [6.07, 6.45) is 3.48. The molecule has 1 aliphatic heterocycles. The molecular weight excluding hydrogens is 423 g/mol. The van der Waals surface area contributed by atoms with Crippen molar-refractivity contribution in [3.05, 3.63) is 24.0 Å². The lowest BCUT2D eigenvalue weighted by molar-refractivity contribution is -0.150. The van der Waals surface area contributed by atoms with E-state index < -0.39 is 18.4 Å². The van der Waals surface area contributed by atoms with Crippen LogP contribution in [0.25, 0.3) is 0 Å². The largest absolute Gasteiger partial charge is 0.486 e. The third-order valence-corrected chi connectivity index (χ3v) is 6.31. The zero-order chi connectivity index (χ0) is 22.2. The number of carbonyl (C=O) groups is 1. The van der Waals surface area contributed by atoms with Crippen molar-refractivity contribution in [1.82, 2.24) is 10.2 Å². The molecule has 0 unspecified atom stereocenters. The number of rotatable bonds is 7. The van der Waals surface area contributed by atoms with E-state index in [-0.39, 0.29) is 54.6 Å². The summed E-state index contributed by atoms with van der Waals surface area (Å²) in [5.74, 6) is -3.92. The van der Waals surface area contributed by atoms with Crippen molar-refractivity contribution in [2.75, 3.05) is 13.1 Å². The fourth-order valence-corrected chi connectivity index (χ4v) is 4.53. The van der Waals surface area contributed by atoms with E-state index in [0.717, 1.165) is 43.9 Å². The molecule has 3 fully saturated rings. The second kappa shape index (κ2) is 8.80. The minimum absolute atomic E-state index is 0.0276. The molecule has 1 heterocycles. The highest BCUT2D eigenvalue weighted by atomic mass is 19.3. The van der Waals surface area contributed by atoms with Gasteiger partial charge in [-0.15, -0.1) is 0 Å². The molecule has 172 valence electrons. The van der Waals surface area contributed by atoms with Gasteiger partial charge in [0.1, 0.15) is 11.9 Å². The monoisotopic (exact) mass is 448 g/mol. The Morgan fingerprint density at radius 1 is 1.10 bits per heavy atom. The standard InChI is InChI=1S/C21H25F5N2O3/c22-13-1-6-17(31-20(23)24)18(9-13)30-16-7-12(8-16)19(29)27-14-2-4-15(5-3-14)28-10-21(25,26)11-28/h1,6,9,12,14-16,20H,2-5,7-8,10-11H2,(H,27,29)/t12-,14-,15-,16-. The van der Waals surface area contributed by atoms with Gasteiger partial charge < -0.3 is 14.8 Å². The molecular formula is C21H25F5N2O3. The Hall–Kier alpha value is -2.10. The quantitative estimate of drug-likeness (QED) is 0.642. The maximum absolute atomic E-state index is 13.4. The van der Waals surface area contributed by atoms with Crippen LogP contribution in [0.5, 0.6) is 11.5 Å². The van der Waals surface area contributed by atoms with Gasteiger partial charge in [0, 0.05) is 24.1 Å². The van der Waals surface area contributed by atoms with E-state index in [0.29, 0.717) is 12.8 Å². The molecule has 5 nitrogen and oxygen atoms in total. The number of nitrogens with zero attached hydrogens (tertiary/aromatic N) is 1. The van der Waals surface area contributed by atoms with Gasteiger partial charge in [-0.3, -0.25) is 9.69 Å². The summed E-state index contributed by atoms with van der Waals surface area (Å²) >= 11 is 0. The van der Waals surface area contributed by atoms with Gasteiger partial charge in [-0.2, -0.15) is 8.78 Å². The van der Waals surface area contributed by atoms with E-state index in [1.54, 1.807) is 0 Å². The Balaban J connectivity index is 1.19. The summed E-state index contributed by atoms with van der Waals surface area (Å²) in [5, 5.41) is 3.02. The Labute approximate surface area is 176 Å². The third-order valence-electron chi connectivity index (χ3n) is 6.31. The third kappa shape index (κ3) is 5.39. The van der Waals surface area contributed by atoms with Crippen molar-refractivity contribution < 1.29 is 36.2 Å². The fourth-order valence-electron chi connectivity index (χ4n) is 4.53. The smallest absolute Gasteiger partial charge is 0.387 e. The number of benzene rings is 1. The van der Waals surface area contributed by atoms with Crippen LogP contribution in [0, 0.1) is 11.7 Å². The fraction of sp³-hybridized carbons (Fsp3) is 0.667. The van der Waals surface area contributed by atoms with E-state index in [1.165, 1.54) is 0 Å². The van der Waals surface area contributed by atoms with Gasteiger partial charge in [-0.25, -0.2) is 13.2 Å². The van der Waals surface area contributed by atoms with Crippen molar-refractivity contribution in [2.24, 2.45) is 5.92 Å². The predicted octanol–water partition coefficient (Wildman–Crippen LogP) is 3.96. The first-order valence-corrected chi connectivity index (χ1v) is 10.5. The number of hydrogen-bond donors (Lipinski definition) is 1. The summed E-state index contributed by atoms with van der Waals surface area (Å²) in [6, 6.07) is 3.25. The number of hydrogen-bond acceptors (Lipinski definition) is 4. The van der Waals surface area contributed by atoms with Gasteiger partial charge in [0.05, 0.1) is 13.1 Å². The first-order chi connectivity index (χ1) is 14.7. The average Bonchev–Trinajstić information content (AvgIpc) is 2.64. The minimum Gasteiger partial charge on any atom is -0.486 e. The molecule has 1 aromatic carbocycles. The normalized spacial score (nSPS) is 30.3. The maximum Gasteiger partial charge on any atom is 0.387 e. The number of amides is 1. The lowest BCUT2D eigenvalue weighted by Crippen LogP contribution is -2.61. The molecule has 3 aliphatic rings. The molecule has 0 aromatic heterocycles. The molecule has 0 atom stereocenters. The number of nitrogens with one attached hydrogen (secondary N) is 1. The summed E-state index contributed by atoms with van der Waals surface area (Å²) in [7, 11) is 0. The molecule has 10 heteroatoms. The van der Waals surface area contributed by atoms with Gasteiger partial charge in [0.2, 0.25) is 5.91 Å². The van der Waals surface area contributed by atoms with Crippen LogP contribution < -0.4 is 14.8 Å². The maximum atomic E-state index is 13.4. The highest BCUT2D eigenvalue weighted by Crippen LogP contribution is 2.37. The number of halogens is 5. The van der Waals surface area contributed by atoms with E-state index in [2.05, 4.69) is 10.1 Å². The average molecular weight is 448 g/mol. The number of alkyl halides is 4. The molecule has 1 N–H and O–H groups in total. The molecule has 0 radical (unpaired) electrons. The summed E-state index contributed by atoms with van der Waals surface area (Å²) < 4.78 is 74.4. The Bertz CT molecular complexity index is 787. The first kappa shape index (κ1) is 22.1. The van der Waals surface area contributed by atoms with Gasteiger partial charge in [-0.1, -0.05) is 0 Å². The van der Waals surface area contributed by atoms with Gasteiger partial charge >= 0.3 is 6.61 Å². The Kier molecular flexibility index (Phi) is 6.27. The molecule has 1 aromatic rings. The van der Waals surface area contributed by atoms with Crippen LogP contribution in [-0.2, 0) is 4.79 Å². The molecule has 4 rings (SSSR count). The van der Waals surface area contributed by atoms with Crippen molar-refractivity contribution in [3.63, 3.8) is 0 Å². The first-order valence-electron chi connectivity index (χ1n) is 10.5. The molecule has 1 amide bonds. The zero-order valence-electron chi connectivity index (χ0n) is 16.8. The van der Waals surface area contributed by atoms with Crippen LogP contribution in [-0.4, -0.2) is 54.6 Å². The second-order valence-corrected chi connectivity index (χ2v) is 8.65. The number of ether oxygens (including phenoxy) is 2. The zero-order valence-corrected chi connectivity index (χ0v) is 16.8. The molecule has 0 bridgehead atoms. The molecule has 31 heavy (non-hydrogen) atoms. The Morgan fingerprint density at radius 2 is 1.77 bits per heavy atom. The Morgan fingerprint density at radius 3 is 2.39 bits per heavy atom. The summed E-state index contributed by atoms with van der Waals surface area (Å²) in [6.45, 7) is -3.40. The van der Waals surface area contributed by atoms with Gasteiger partial charge in [0.15, 0.2) is 11.5 Å². The van der Waals surface area contributed by atoms with Crippen LogP contribution >= 0.6 is 0 Å². The van der Waals surface area contributed by atoms with Gasteiger partial charge in [-0.05, 0) is 50.7 Å². The van der Waals surface area contributed by atoms with Crippen LogP contribution in [0.3, 0.4) is 0 Å². The van der Waals surface area contributed by atoms with Crippen LogP contribution in [0.2, 0.25) is 0 Å². The lowest BCUT2D eigenvalue weighted by Gasteiger charge is -2.46. The van der Waals surface area contributed by atoms with Crippen LogP contribution in [0.4, 0.5) is 22.0 Å². The van der Waals surface area contributed by atoms with Gasteiger partial charge in [0.25, 0.3) is 5.92 Å². The van der Waals surface area contributed by atoms with Crippen LogP contribution in [0.15, 0.2) is 18.2 Å². The van der Waals surface area contributed by atoms with Crippen molar-refractivity contribution >= 4 is 5.91 Å². The molecule has 0 spiro atoms. The highest BCUT2D eigenvalue weighted by Gasteiger charge is 2.47. The number of likely N-dealkylation sites (tertiary alicyclic amines) is 1. The van der Waals surface area contributed by atoms with E-state index in [9.17, 15) is 26.7 Å². The number of carbonyl (C=O) groups excluding carboxylic acids is 1. The van der Waals surface area contributed by atoms with Crippen molar-refractivity contribution in [2.45, 2.75) is 69.2 Å². The molecule has 2 saturated carbocycles. The van der Waals surface area contributed by atoms with E-state index >= 15 is 0 Å². The predicted molar refractivity (Wildman–Crippen MR) is 101 cm³/mol. The van der Waals surface area contributed by atoms with E-state index in [4.69, 9.17) is 4.74 Å². The van der Waals surface area contributed by atoms with Crippen LogP contribution in [0.1, 0.15) is 38.5 Å². The molecule has 1 saturated heterocycles. The SMILES string of the molecule is O=C(N[C@H]1CC[C@H](N2CC(F)(F)C2)CC1)[C@H]1C[C@H](Oc2cc(F)ccc2OC(F)F)C1. The van der Waals surface area contributed by atoms with Crippen molar-refractivity contribution in [3.8, 4) is 11.5 Å². The summed E-state index contributed by atoms with van der Waals surface area (Å²) in [5.41, 5.74) is 0. The highest BCUT2D eigenvalue weighted by molar-refractivity contribution is 5.80.